The monoisotopic (exact) mass is 251 g/mol. The summed E-state index contributed by atoms with van der Waals surface area (Å²) in [5.41, 5.74) is 0.597. The number of ether oxygens (including phenoxy) is 2. The molecule has 0 fully saturated rings. The number of fused-ring (bicyclic) bond motifs is 1. The van der Waals surface area contributed by atoms with Gasteiger partial charge in [0.25, 0.3) is 0 Å². The van der Waals surface area contributed by atoms with Gasteiger partial charge in [-0.15, -0.1) is 0 Å². The van der Waals surface area contributed by atoms with E-state index in [1.807, 2.05) is 32.0 Å². The van der Waals surface area contributed by atoms with Crippen molar-refractivity contribution in [1.82, 2.24) is 0 Å². The lowest BCUT2D eigenvalue weighted by Gasteiger charge is -2.23. The van der Waals surface area contributed by atoms with E-state index in [-0.39, 0.29) is 18.6 Å². The Kier molecular flexibility index (Phi) is 3.32. The summed E-state index contributed by atoms with van der Waals surface area (Å²) in [5, 5.41) is 12.0. The zero-order chi connectivity index (χ0) is 13.2. The van der Waals surface area contributed by atoms with E-state index in [0.717, 1.165) is 17.2 Å². The predicted molar refractivity (Wildman–Crippen MR) is 67.1 cm³/mol. The highest BCUT2D eigenvalue weighted by molar-refractivity contribution is 5.67. The lowest BCUT2D eigenvalue weighted by molar-refractivity contribution is -0.139. The van der Waals surface area contributed by atoms with E-state index in [1.165, 1.54) is 0 Å². The van der Waals surface area contributed by atoms with Crippen LogP contribution in [0.1, 0.15) is 20.3 Å². The van der Waals surface area contributed by atoms with Gasteiger partial charge in [-0.05, 0) is 17.5 Å². The highest BCUT2D eigenvalue weighted by atomic mass is 16.7. The Morgan fingerprint density at radius 1 is 1.39 bits per heavy atom. The van der Waals surface area contributed by atoms with E-state index in [2.05, 4.69) is 5.32 Å². The SMILES string of the molecule is CC(C)(CNc1ccc2c(c1)OCO2)CC(=O)O. The van der Waals surface area contributed by atoms with Crippen molar-refractivity contribution in [2.45, 2.75) is 20.3 Å². The summed E-state index contributed by atoms with van der Waals surface area (Å²) in [4.78, 5) is 10.7. The first kappa shape index (κ1) is 12.5. The maximum absolute atomic E-state index is 10.7. The minimum atomic E-state index is -0.785. The molecule has 5 heteroatoms. The predicted octanol–water partition coefficient (Wildman–Crippen LogP) is 2.33. The molecule has 0 radical (unpaired) electrons. The lowest BCUT2D eigenvalue weighted by atomic mass is 9.89. The van der Waals surface area contributed by atoms with E-state index in [0.29, 0.717) is 6.54 Å². The van der Waals surface area contributed by atoms with Crippen molar-refractivity contribution in [3.8, 4) is 11.5 Å². The summed E-state index contributed by atoms with van der Waals surface area (Å²) in [5.74, 6) is 0.675. The van der Waals surface area contributed by atoms with Gasteiger partial charge in [-0.1, -0.05) is 13.8 Å². The van der Waals surface area contributed by atoms with Crippen LogP contribution in [0.4, 0.5) is 5.69 Å². The molecule has 0 atom stereocenters. The van der Waals surface area contributed by atoms with Crippen LogP contribution in [0.15, 0.2) is 18.2 Å². The maximum atomic E-state index is 10.7. The number of anilines is 1. The van der Waals surface area contributed by atoms with Crippen LogP contribution in [0.25, 0.3) is 0 Å². The Hall–Kier alpha value is -1.91. The van der Waals surface area contributed by atoms with E-state index in [4.69, 9.17) is 14.6 Å². The van der Waals surface area contributed by atoms with Gasteiger partial charge in [-0.3, -0.25) is 4.79 Å². The Morgan fingerprint density at radius 3 is 2.83 bits per heavy atom. The number of hydrogen-bond acceptors (Lipinski definition) is 4. The fraction of sp³-hybridized carbons (Fsp3) is 0.462. The van der Waals surface area contributed by atoms with Gasteiger partial charge < -0.3 is 19.9 Å². The molecule has 1 heterocycles. The number of benzene rings is 1. The van der Waals surface area contributed by atoms with E-state index >= 15 is 0 Å². The second-order valence-electron chi connectivity index (χ2n) is 5.16. The van der Waals surface area contributed by atoms with E-state index in [1.54, 1.807) is 0 Å². The standard InChI is InChI=1S/C13H17NO4/c1-13(2,6-12(15)16)7-14-9-3-4-10-11(5-9)18-8-17-10/h3-5,14H,6-8H2,1-2H3,(H,15,16). The van der Waals surface area contributed by atoms with Crippen molar-refractivity contribution in [1.29, 1.82) is 0 Å². The maximum Gasteiger partial charge on any atom is 0.303 e. The normalized spacial score (nSPS) is 13.4. The second kappa shape index (κ2) is 4.76. The first-order chi connectivity index (χ1) is 8.46. The second-order valence-corrected chi connectivity index (χ2v) is 5.16. The fourth-order valence-electron chi connectivity index (χ4n) is 1.82. The molecule has 98 valence electrons. The van der Waals surface area contributed by atoms with Crippen molar-refractivity contribution < 1.29 is 19.4 Å². The summed E-state index contributed by atoms with van der Waals surface area (Å²) in [6.07, 6.45) is 0.130. The van der Waals surface area contributed by atoms with Crippen LogP contribution < -0.4 is 14.8 Å². The molecule has 5 nitrogen and oxygen atoms in total. The molecular formula is C13H17NO4. The molecular weight excluding hydrogens is 234 g/mol. The van der Waals surface area contributed by atoms with Crippen LogP contribution in [0, 0.1) is 5.41 Å². The molecule has 0 saturated heterocycles. The van der Waals surface area contributed by atoms with Gasteiger partial charge >= 0.3 is 5.97 Å². The van der Waals surface area contributed by atoms with Crippen LogP contribution in [-0.2, 0) is 4.79 Å². The number of aliphatic carboxylic acids is 1. The van der Waals surface area contributed by atoms with E-state index < -0.39 is 5.97 Å². The molecule has 0 bridgehead atoms. The summed E-state index contributed by atoms with van der Waals surface area (Å²) in [7, 11) is 0. The molecule has 0 aromatic heterocycles. The van der Waals surface area contributed by atoms with Crippen LogP contribution in [0.2, 0.25) is 0 Å². The average molecular weight is 251 g/mol. The van der Waals surface area contributed by atoms with Gasteiger partial charge in [-0.2, -0.15) is 0 Å². The van der Waals surface area contributed by atoms with Gasteiger partial charge in [0, 0.05) is 18.3 Å². The zero-order valence-corrected chi connectivity index (χ0v) is 10.5. The third kappa shape index (κ3) is 3.06. The van der Waals surface area contributed by atoms with Gasteiger partial charge in [0.1, 0.15) is 0 Å². The van der Waals surface area contributed by atoms with Crippen molar-refractivity contribution in [3.63, 3.8) is 0 Å². The molecule has 2 N–H and O–H groups in total. The van der Waals surface area contributed by atoms with Gasteiger partial charge in [0.2, 0.25) is 6.79 Å². The molecule has 2 rings (SSSR count). The van der Waals surface area contributed by atoms with Gasteiger partial charge in [-0.25, -0.2) is 0 Å². The molecule has 18 heavy (non-hydrogen) atoms. The molecule has 0 spiro atoms. The minimum Gasteiger partial charge on any atom is -0.481 e. The molecule has 1 aliphatic heterocycles. The molecule has 0 unspecified atom stereocenters. The molecule has 0 amide bonds. The van der Waals surface area contributed by atoms with Crippen molar-refractivity contribution in [3.05, 3.63) is 18.2 Å². The average Bonchev–Trinajstić information content (AvgIpc) is 2.71. The van der Waals surface area contributed by atoms with Crippen LogP contribution in [0.3, 0.4) is 0 Å². The highest BCUT2D eigenvalue weighted by Gasteiger charge is 2.22. The minimum absolute atomic E-state index is 0.130. The first-order valence-corrected chi connectivity index (χ1v) is 5.82. The van der Waals surface area contributed by atoms with Crippen LogP contribution >= 0.6 is 0 Å². The number of nitrogens with one attached hydrogen (secondary N) is 1. The molecule has 1 aliphatic rings. The number of rotatable bonds is 5. The summed E-state index contributed by atoms with van der Waals surface area (Å²) in [6.45, 7) is 4.67. The summed E-state index contributed by atoms with van der Waals surface area (Å²) >= 11 is 0. The first-order valence-electron chi connectivity index (χ1n) is 5.82. The summed E-state index contributed by atoms with van der Waals surface area (Å²) in [6, 6.07) is 5.60. The molecule has 1 aromatic rings. The van der Waals surface area contributed by atoms with Crippen molar-refractivity contribution in [2.24, 2.45) is 5.41 Å². The fourth-order valence-corrected chi connectivity index (χ4v) is 1.82. The third-order valence-electron chi connectivity index (χ3n) is 2.77. The largest absolute Gasteiger partial charge is 0.481 e. The van der Waals surface area contributed by atoms with Gasteiger partial charge in [0.05, 0.1) is 6.42 Å². The summed E-state index contributed by atoms with van der Waals surface area (Å²) < 4.78 is 10.5. The van der Waals surface area contributed by atoms with Crippen molar-refractivity contribution >= 4 is 11.7 Å². The molecule has 0 saturated carbocycles. The quantitative estimate of drug-likeness (QED) is 0.840. The van der Waals surface area contributed by atoms with E-state index in [9.17, 15) is 4.79 Å². The topological polar surface area (TPSA) is 67.8 Å². The highest BCUT2D eigenvalue weighted by Crippen LogP contribution is 2.34. The molecule has 1 aromatic carbocycles. The van der Waals surface area contributed by atoms with Gasteiger partial charge in [0.15, 0.2) is 11.5 Å². The number of carboxylic acids is 1. The molecule has 0 aliphatic carbocycles. The lowest BCUT2D eigenvalue weighted by Crippen LogP contribution is -2.26. The van der Waals surface area contributed by atoms with Crippen molar-refractivity contribution in [2.75, 3.05) is 18.7 Å². The smallest absolute Gasteiger partial charge is 0.303 e. The Bertz CT molecular complexity index is 456. The number of carbonyl (C=O) groups is 1. The zero-order valence-electron chi connectivity index (χ0n) is 10.5. The van der Waals surface area contributed by atoms with Crippen LogP contribution in [-0.4, -0.2) is 24.4 Å². The third-order valence-corrected chi connectivity index (χ3v) is 2.77. The Balaban J connectivity index is 1.96. The Morgan fingerprint density at radius 2 is 2.11 bits per heavy atom. The Labute approximate surface area is 106 Å². The number of carboxylic acid groups (broad SMARTS) is 1. The van der Waals surface area contributed by atoms with Crippen LogP contribution in [0.5, 0.6) is 11.5 Å². The number of hydrogen-bond donors (Lipinski definition) is 2.